The summed E-state index contributed by atoms with van der Waals surface area (Å²) in [6.07, 6.45) is 1.29. The molecule has 1 saturated heterocycles. The zero-order valence-electron chi connectivity index (χ0n) is 15.2. The molecule has 0 aromatic heterocycles. The lowest BCUT2D eigenvalue weighted by molar-refractivity contribution is 0.000322. The van der Waals surface area contributed by atoms with Crippen molar-refractivity contribution in [1.82, 2.24) is 4.90 Å². The fourth-order valence-corrected chi connectivity index (χ4v) is 3.47. The maximum atomic E-state index is 12.7. The SMILES string of the molecule is CC(C)(C)OC(=O)N1CCC(CO)CC1c1ccc2ccccc2c1. The summed E-state index contributed by atoms with van der Waals surface area (Å²) >= 11 is 0. The summed E-state index contributed by atoms with van der Waals surface area (Å²) in [6, 6.07) is 14.5. The number of carbonyl (C=O) groups excluding carboxylic acids is 1. The molecule has 1 N–H and O–H groups in total. The van der Waals surface area contributed by atoms with Crippen molar-refractivity contribution in [3.8, 4) is 0 Å². The molecule has 1 aliphatic heterocycles. The summed E-state index contributed by atoms with van der Waals surface area (Å²) in [5.41, 5.74) is 0.585. The van der Waals surface area contributed by atoms with Gasteiger partial charge >= 0.3 is 6.09 Å². The number of likely N-dealkylation sites (tertiary alicyclic amines) is 1. The van der Waals surface area contributed by atoms with Gasteiger partial charge in [-0.05, 0) is 61.9 Å². The zero-order valence-corrected chi connectivity index (χ0v) is 15.2. The molecule has 2 unspecified atom stereocenters. The molecule has 0 spiro atoms. The first-order valence-electron chi connectivity index (χ1n) is 8.96. The summed E-state index contributed by atoms with van der Waals surface area (Å²) in [5.74, 6) is 0.218. The van der Waals surface area contributed by atoms with Gasteiger partial charge < -0.3 is 14.7 Å². The van der Waals surface area contributed by atoms with Gasteiger partial charge in [0.05, 0.1) is 6.04 Å². The van der Waals surface area contributed by atoms with E-state index in [1.807, 2.05) is 37.8 Å². The monoisotopic (exact) mass is 341 g/mol. The molecule has 3 rings (SSSR count). The fraction of sp³-hybridized carbons (Fsp3) is 0.476. The molecule has 1 heterocycles. The predicted molar refractivity (Wildman–Crippen MR) is 99.4 cm³/mol. The number of piperidine rings is 1. The van der Waals surface area contributed by atoms with Crippen molar-refractivity contribution in [2.24, 2.45) is 5.92 Å². The van der Waals surface area contributed by atoms with E-state index in [2.05, 4.69) is 30.3 Å². The predicted octanol–water partition coefficient (Wildman–Crippen LogP) is 4.52. The number of hydrogen-bond acceptors (Lipinski definition) is 3. The zero-order chi connectivity index (χ0) is 18.0. The third-order valence-corrected chi connectivity index (χ3v) is 4.76. The van der Waals surface area contributed by atoms with Crippen LogP contribution in [0.25, 0.3) is 10.8 Å². The Kier molecular flexibility index (Phi) is 5.00. The molecule has 0 radical (unpaired) electrons. The number of nitrogens with zero attached hydrogens (tertiary/aromatic N) is 1. The van der Waals surface area contributed by atoms with E-state index in [1.165, 1.54) is 5.39 Å². The normalized spacial score (nSPS) is 21.4. The van der Waals surface area contributed by atoms with Crippen LogP contribution in [0.3, 0.4) is 0 Å². The highest BCUT2D eigenvalue weighted by Crippen LogP contribution is 2.36. The van der Waals surface area contributed by atoms with E-state index in [1.54, 1.807) is 0 Å². The van der Waals surface area contributed by atoms with E-state index >= 15 is 0 Å². The summed E-state index contributed by atoms with van der Waals surface area (Å²) in [6.45, 7) is 6.42. The largest absolute Gasteiger partial charge is 0.444 e. The lowest BCUT2D eigenvalue weighted by Crippen LogP contribution is -2.44. The molecule has 1 amide bonds. The number of ether oxygens (including phenoxy) is 1. The van der Waals surface area contributed by atoms with Crippen LogP contribution in [0.4, 0.5) is 4.79 Å². The topological polar surface area (TPSA) is 49.8 Å². The Morgan fingerprint density at radius 2 is 1.92 bits per heavy atom. The maximum Gasteiger partial charge on any atom is 0.410 e. The van der Waals surface area contributed by atoms with Crippen molar-refractivity contribution >= 4 is 16.9 Å². The molecule has 2 atom stereocenters. The quantitative estimate of drug-likeness (QED) is 0.874. The molecule has 2 aromatic carbocycles. The number of rotatable bonds is 2. The van der Waals surface area contributed by atoms with Crippen LogP contribution in [0, 0.1) is 5.92 Å². The Morgan fingerprint density at radius 3 is 2.60 bits per heavy atom. The highest BCUT2D eigenvalue weighted by Gasteiger charge is 2.34. The highest BCUT2D eigenvalue weighted by molar-refractivity contribution is 5.83. The number of aliphatic hydroxyl groups is 1. The fourth-order valence-electron chi connectivity index (χ4n) is 3.47. The molecule has 4 heteroatoms. The van der Waals surface area contributed by atoms with Gasteiger partial charge in [0, 0.05) is 13.2 Å². The van der Waals surface area contributed by atoms with Gasteiger partial charge in [-0.15, -0.1) is 0 Å². The van der Waals surface area contributed by atoms with Crippen LogP contribution in [-0.4, -0.2) is 34.9 Å². The van der Waals surface area contributed by atoms with Crippen molar-refractivity contribution in [1.29, 1.82) is 0 Å². The smallest absolute Gasteiger partial charge is 0.410 e. The Morgan fingerprint density at radius 1 is 1.20 bits per heavy atom. The Labute approximate surface area is 149 Å². The molecule has 0 aliphatic carbocycles. The molecular formula is C21H27NO3. The van der Waals surface area contributed by atoms with Gasteiger partial charge in [0.1, 0.15) is 5.60 Å². The van der Waals surface area contributed by atoms with Gasteiger partial charge in [0.25, 0.3) is 0 Å². The van der Waals surface area contributed by atoms with Crippen molar-refractivity contribution in [3.05, 3.63) is 48.0 Å². The summed E-state index contributed by atoms with van der Waals surface area (Å²) < 4.78 is 5.61. The molecule has 4 nitrogen and oxygen atoms in total. The van der Waals surface area contributed by atoms with Gasteiger partial charge in [-0.25, -0.2) is 4.79 Å². The lowest BCUT2D eigenvalue weighted by Gasteiger charge is -2.40. The van der Waals surface area contributed by atoms with Crippen molar-refractivity contribution in [2.45, 2.75) is 45.3 Å². The van der Waals surface area contributed by atoms with Crippen LogP contribution in [-0.2, 0) is 4.74 Å². The van der Waals surface area contributed by atoms with Gasteiger partial charge in [-0.1, -0.05) is 36.4 Å². The van der Waals surface area contributed by atoms with Gasteiger partial charge in [-0.3, -0.25) is 0 Å². The second kappa shape index (κ2) is 7.04. The first-order valence-corrected chi connectivity index (χ1v) is 8.96. The van der Waals surface area contributed by atoms with E-state index in [0.29, 0.717) is 6.54 Å². The van der Waals surface area contributed by atoms with Crippen LogP contribution >= 0.6 is 0 Å². The standard InChI is InChI=1S/C21H27NO3/c1-21(2,3)25-20(24)22-11-10-15(14-23)12-19(22)18-9-8-16-6-4-5-7-17(16)13-18/h4-9,13,15,19,23H,10-12,14H2,1-3H3. The Hall–Kier alpha value is -2.07. The molecule has 1 aliphatic rings. The van der Waals surface area contributed by atoms with Crippen LogP contribution in [0.15, 0.2) is 42.5 Å². The maximum absolute atomic E-state index is 12.7. The van der Waals surface area contributed by atoms with Crippen LogP contribution < -0.4 is 0 Å². The average molecular weight is 341 g/mol. The van der Waals surface area contributed by atoms with Crippen molar-refractivity contribution in [2.75, 3.05) is 13.2 Å². The number of hydrogen-bond donors (Lipinski definition) is 1. The van der Waals surface area contributed by atoms with E-state index in [9.17, 15) is 9.90 Å². The number of benzene rings is 2. The third kappa shape index (κ3) is 4.13. The van der Waals surface area contributed by atoms with Crippen molar-refractivity contribution in [3.63, 3.8) is 0 Å². The van der Waals surface area contributed by atoms with Crippen molar-refractivity contribution < 1.29 is 14.6 Å². The van der Waals surface area contributed by atoms with E-state index in [0.717, 1.165) is 23.8 Å². The average Bonchev–Trinajstić information content (AvgIpc) is 2.59. The summed E-state index contributed by atoms with van der Waals surface area (Å²) in [5, 5.41) is 12.0. The second-order valence-corrected chi connectivity index (χ2v) is 7.87. The number of amides is 1. The number of fused-ring (bicyclic) bond motifs is 1. The highest BCUT2D eigenvalue weighted by atomic mass is 16.6. The minimum atomic E-state index is -0.515. The Bertz CT molecular complexity index is 750. The first-order chi connectivity index (χ1) is 11.9. The number of aliphatic hydroxyl groups excluding tert-OH is 1. The van der Waals surface area contributed by atoms with E-state index < -0.39 is 5.60 Å². The molecule has 1 fully saturated rings. The third-order valence-electron chi connectivity index (χ3n) is 4.76. The lowest BCUT2D eigenvalue weighted by atomic mass is 9.87. The summed E-state index contributed by atoms with van der Waals surface area (Å²) in [4.78, 5) is 14.5. The molecular weight excluding hydrogens is 314 g/mol. The second-order valence-electron chi connectivity index (χ2n) is 7.87. The van der Waals surface area contributed by atoms with Crippen LogP contribution in [0.1, 0.15) is 45.2 Å². The minimum Gasteiger partial charge on any atom is -0.444 e. The summed E-state index contributed by atoms with van der Waals surface area (Å²) in [7, 11) is 0. The van der Waals surface area contributed by atoms with Crippen LogP contribution in [0.5, 0.6) is 0 Å². The first kappa shape index (κ1) is 17.7. The molecule has 25 heavy (non-hydrogen) atoms. The van der Waals surface area contributed by atoms with Crippen LogP contribution in [0.2, 0.25) is 0 Å². The molecule has 2 aromatic rings. The van der Waals surface area contributed by atoms with E-state index in [4.69, 9.17) is 4.74 Å². The van der Waals surface area contributed by atoms with Gasteiger partial charge in [0.15, 0.2) is 0 Å². The number of carbonyl (C=O) groups is 1. The molecule has 134 valence electrons. The van der Waals surface area contributed by atoms with Gasteiger partial charge in [-0.2, -0.15) is 0 Å². The Balaban J connectivity index is 1.92. The van der Waals surface area contributed by atoms with Gasteiger partial charge in [0.2, 0.25) is 0 Å². The molecule has 0 bridgehead atoms. The molecule has 0 saturated carbocycles. The van der Waals surface area contributed by atoms with E-state index in [-0.39, 0.29) is 24.7 Å². The minimum absolute atomic E-state index is 0.0645.